The number of nitro benzene ring substituents is 1. The Balaban J connectivity index is 1.15. The van der Waals surface area contributed by atoms with Gasteiger partial charge >= 0.3 is 5.69 Å². The fourth-order valence-electron chi connectivity index (χ4n) is 4.90. The molecule has 1 saturated heterocycles. The molecule has 1 aliphatic rings. The van der Waals surface area contributed by atoms with Crippen molar-refractivity contribution in [3.63, 3.8) is 0 Å². The van der Waals surface area contributed by atoms with E-state index in [-0.39, 0.29) is 16.3 Å². The van der Waals surface area contributed by atoms with E-state index in [1.54, 1.807) is 12.1 Å². The Labute approximate surface area is 203 Å². The summed E-state index contributed by atoms with van der Waals surface area (Å²) in [6.07, 6.45) is 0.935. The van der Waals surface area contributed by atoms with Crippen molar-refractivity contribution in [1.82, 2.24) is 19.4 Å². The predicted molar refractivity (Wildman–Crippen MR) is 137 cm³/mol. The third kappa shape index (κ3) is 5.18. The topological polar surface area (TPSA) is 87.4 Å². The Morgan fingerprint density at radius 2 is 1.51 bits per heavy atom. The van der Waals surface area contributed by atoms with Gasteiger partial charge < -0.3 is 9.88 Å². The van der Waals surface area contributed by atoms with Crippen molar-refractivity contribution < 1.29 is 4.92 Å². The summed E-state index contributed by atoms with van der Waals surface area (Å²) in [5, 5.41) is 11.0. The minimum Gasteiger partial charge on any atom is -0.306 e. The largest absolute Gasteiger partial charge is 0.326 e. The van der Waals surface area contributed by atoms with E-state index >= 15 is 0 Å². The summed E-state index contributed by atoms with van der Waals surface area (Å²) in [4.78, 5) is 30.7. The van der Waals surface area contributed by atoms with Gasteiger partial charge in [0.25, 0.3) is 5.69 Å². The van der Waals surface area contributed by atoms with Gasteiger partial charge in [0, 0.05) is 51.4 Å². The molecule has 4 aromatic rings. The second-order valence-electron chi connectivity index (χ2n) is 9.03. The molecule has 1 aliphatic heterocycles. The third-order valence-electron chi connectivity index (χ3n) is 6.80. The Bertz CT molecular complexity index is 1370. The van der Waals surface area contributed by atoms with E-state index in [0.717, 1.165) is 67.8 Å². The molecule has 180 valence electrons. The highest BCUT2D eigenvalue weighted by atomic mass is 16.6. The van der Waals surface area contributed by atoms with E-state index in [9.17, 15) is 14.9 Å². The number of imidazole rings is 1. The molecule has 1 N–H and O–H groups in total. The van der Waals surface area contributed by atoms with Crippen LogP contribution in [0.5, 0.6) is 0 Å². The fraction of sp³-hybridized carbons (Fsp3) is 0.296. The lowest BCUT2D eigenvalue weighted by molar-refractivity contribution is -0.384. The van der Waals surface area contributed by atoms with Crippen LogP contribution in [0.15, 0.2) is 77.6 Å². The van der Waals surface area contributed by atoms with Gasteiger partial charge in [0.05, 0.1) is 16.0 Å². The van der Waals surface area contributed by atoms with Crippen LogP contribution in [0.2, 0.25) is 0 Å². The van der Waals surface area contributed by atoms with Gasteiger partial charge in [-0.15, -0.1) is 0 Å². The molecule has 0 saturated carbocycles. The highest BCUT2D eigenvalue weighted by Crippen LogP contribution is 2.27. The van der Waals surface area contributed by atoms with Crippen LogP contribution in [0.3, 0.4) is 0 Å². The van der Waals surface area contributed by atoms with E-state index < -0.39 is 0 Å². The number of hydrogen-bond acceptors (Lipinski definition) is 5. The number of aromatic nitrogens is 2. The minimum atomic E-state index is -0.367. The maximum atomic E-state index is 12.3. The van der Waals surface area contributed by atoms with Gasteiger partial charge in [0.2, 0.25) is 0 Å². The SMILES string of the molecule is O=c1[nH]c2ccccc2n1CCCN1CCN(Cc2ccccc2-c2ccc([N+](=O)[O-])cc2)CC1. The first-order valence-electron chi connectivity index (χ1n) is 12.0. The highest BCUT2D eigenvalue weighted by molar-refractivity contribution is 5.74. The van der Waals surface area contributed by atoms with Gasteiger partial charge in [-0.05, 0) is 53.9 Å². The number of rotatable bonds is 8. The number of non-ortho nitro benzene ring substituents is 1. The lowest BCUT2D eigenvalue weighted by atomic mass is 9.99. The predicted octanol–water partition coefficient (Wildman–Crippen LogP) is 4.11. The number of piperazine rings is 1. The van der Waals surface area contributed by atoms with Crippen LogP contribution in [0.25, 0.3) is 22.2 Å². The Morgan fingerprint density at radius 1 is 0.829 bits per heavy atom. The van der Waals surface area contributed by atoms with Crippen LogP contribution < -0.4 is 5.69 Å². The van der Waals surface area contributed by atoms with Crippen molar-refractivity contribution in [3.8, 4) is 11.1 Å². The minimum absolute atomic E-state index is 0.0392. The number of para-hydroxylation sites is 2. The summed E-state index contributed by atoms with van der Waals surface area (Å²) in [7, 11) is 0. The van der Waals surface area contributed by atoms with Crippen molar-refractivity contribution in [3.05, 3.63) is 99.0 Å². The maximum Gasteiger partial charge on any atom is 0.326 e. The van der Waals surface area contributed by atoms with E-state index in [1.165, 1.54) is 5.56 Å². The molecule has 0 amide bonds. The number of nitrogens with zero attached hydrogens (tertiary/aromatic N) is 4. The number of fused-ring (bicyclic) bond motifs is 1. The van der Waals surface area contributed by atoms with Crippen LogP contribution in [-0.2, 0) is 13.1 Å². The molecule has 0 atom stereocenters. The molecule has 5 rings (SSSR count). The molecule has 35 heavy (non-hydrogen) atoms. The number of H-pyrrole nitrogens is 1. The lowest BCUT2D eigenvalue weighted by Crippen LogP contribution is -2.46. The Morgan fingerprint density at radius 3 is 2.29 bits per heavy atom. The Hall–Kier alpha value is -3.75. The van der Waals surface area contributed by atoms with Gasteiger partial charge in [-0.25, -0.2) is 4.79 Å². The number of nitro groups is 1. The van der Waals surface area contributed by atoms with E-state index in [0.29, 0.717) is 6.54 Å². The average molecular weight is 472 g/mol. The molecule has 0 aliphatic carbocycles. The molecular weight excluding hydrogens is 442 g/mol. The van der Waals surface area contributed by atoms with Crippen LogP contribution in [-0.4, -0.2) is 57.0 Å². The summed E-state index contributed by atoms with van der Waals surface area (Å²) in [5.41, 5.74) is 5.27. The van der Waals surface area contributed by atoms with Crippen LogP contribution in [0.1, 0.15) is 12.0 Å². The maximum absolute atomic E-state index is 12.3. The zero-order valence-corrected chi connectivity index (χ0v) is 19.6. The standard InChI is InChI=1S/C27H29N5O3/c33-27-28-25-8-3-4-9-26(25)31(27)15-5-14-29-16-18-30(19-17-29)20-22-6-1-2-7-24(22)21-10-12-23(13-11-21)32(34)35/h1-4,6-13H,5,14-20H2,(H,28,33). The molecular formula is C27H29N5O3. The smallest absolute Gasteiger partial charge is 0.306 e. The normalized spacial score (nSPS) is 15.0. The molecule has 3 aromatic carbocycles. The quantitative estimate of drug-likeness (QED) is 0.309. The third-order valence-corrected chi connectivity index (χ3v) is 6.80. The van der Waals surface area contributed by atoms with Gasteiger partial charge in [0.15, 0.2) is 0 Å². The molecule has 1 fully saturated rings. The Kier molecular flexibility index (Phi) is 6.74. The summed E-state index contributed by atoms with van der Waals surface area (Å²) in [6.45, 7) is 6.52. The first kappa shape index (κ1) is 23.0. The summed E-state index contributed by atoms with van der Waals surface area (Å²) in [6, 6.07) is 22.9. The van der Waals surface area contributed by atoms with Crippen molar-refractivity contribution in [2.45, 2.75) is 19.5 Å². The number of nitrogens with one attached hydrogen (secondary N) is 1. The first-order valence-corrected chi connectivity index (χ1v) is 12.0. The van der Waals surface area contributed by atoms with Crippen LogP contribution in [0, 0.1) is 10.1 Å². The zero-order valence-electron chi connectivity index (χ0n) is 19.6. The number of benzene rings is 3. The summed E-state index contributed by atoms with van der Waals surface area (Å²) >= 11 is 0. The average Bonchev–Trinajstić information content (AvgIpc) is 3.20. The molecule has 0 bridgehead atoms. The van der Waals surface area contributed by atoms with Crippen LogP contribution >= 0.6 is 0 Å². The van der Waals surface area contributed by atoms with Crippen molar-refractivity contribution >= 4 is 16.7 Å². The number of aromatic amines is 1. The van der Waals surface area contributed by atoms with Gasteiger partial charge in [-0.2, -0.15) is 0 Å². The second kappa shape index (κ2) is 10.2. The van der Waals surface area contributed by atoms with E-state index in [4.69, 9.17) is 0 Å². The summed E-state index contributed by atoms with van der Waals surface area (Å²) in [5.74, 6) is 0. The van der Waals surface area contributed by atoms with Crippen LogP contribution in [0.4, 0.5) is 5.69 Å². The zero-order chi connectivity index (χ0) is 24.2. The fourth-order valence-corrected chi connectivity index (χ4v) is 4.90. The van der Waals surface area contributed by atoms with Gasteiger partial charge in [-0.3, -0.25) is 19.6 Å². The lowest BCUT2D eigenvalue weighted by Gasteiger charge is -2.35. The molecule has 0 radical (unpaired) electrons. The molecule has 0 spiro atoms. The first-order chi connectivity index (χ1) is 17.1. The molecule has 1 aromatic heterocycles. The molecule has 0 unspecified atom stereocenters. The second-order valence-corrected chi connectivity index (χ2v) is 9.03. The monoisotopic (exact) mass is 471 g/mol. The highest BCUT2D eigenvalue weighted by Gasteiger charge is 2.18. The van der Waals surface area contributed by atoms with Gasteiger partial charge in [-0.1, -0.05) is 36.4 Å². The summed E-state index contributed by atoms with van der Waals surface area (Å²) < 4.78 is 1.83. The number of hydrogen-bond donors (Lipinski definition) is 1. The van der Waals surface area contributed by atoms with E-state index in [2.05, 4.69) is 26.9 Å². The molecule has 8 heteroatoms. The molecule has 2 heterocycles. The van der Waals surface area contributed by atoms with Crippen molar-refractivity contribution in [2.24, 2.45) is 0 Å². The van der Waals surface area contributed by atoms with E-state index in [1.807, 2.05) is 53.1 Å². The van der Waals surface area contributed by atoms with Crippen molar-refractivity contribution in [2.75, 3.05) is 32.7 Å². The van der Waals surface area contributed by atoms with Crippen molar-refractivity contribution in [1.29, 1.82) is 0 Å². The molecule has 8 nitrogen and oxygen atoms in total. The number of aryl methyl sites for hydroxylation is 1. The van der Waals surface area contributed by atoms with Gasteiger partial charge in [0.1, 0.15) is 0 Å².